The standard InChI is InChI=1S/C18H25N3/c1-13(2)17-11-20-18(3,4)12-21(17)15-7-8-16-14(10-15)6-5-9-19-16/h5-10,13,17,20H,11-12H2,1-4H3. The van der Waals surface area contributed by atoms with Gasteiger partial charge >= 0.3 is 0 Å². The van der Waals surface area contributed by atoms with E-state index in [1.54, 1.807) is 0 Å². The molecule has 1 saturated heterocycles. The minimum absolute atomic E-state index is 0.148. The van der Waals surface area contributed by atoms with Gasteiger partial charge in [-0.3, -0.25) is 4.98 Å². The highest BCUT2D eigenvalue weighted by atomic mass is 15.3. The Balaban J connectivity index is 2.00. The molecule has 112 valence electrons. The number of fused-ring (bicyclic) bond motifs is 1. The lowest BCUT2D eigenvalue weighted by molar-refractivity contribution is 0.277. The zero-order chi connectivity index (χ0) is 15.0. The average molecular weight is 283 g/mol. The zero-order valence-electron chi connectivity index (χ0n) is 13.4. The molecule has 1 aliphatic rings. The quantitative estimate of drug-likeness (QED) is 0.915. The van der Waals surface area contributed by atoms with Crippen molar-refractivity contribution in [1.82, 2.24) is 10.3 Å². The molecule has 0 spiro atoms. The van der Waals surface area contributed by atoms with E-state index in [0.717, 1.165) is 18.6 Å². The molecule has 1 unspecified atom stereocenters. The average Bonchev–Trinajstić information content (AvgIpc) is 2.45. The third kappa shape index (κ3) is 2.88. The van der Waals surface area contributed by atoms with Crippen molar-refractivity contribution in [3.63, 3.8) is 0 Å². The van der Waals surface area contributed by atoms with Gasteiger partial charge in [-0.15, -0.1) is 0 Å². The van der Waals surface area contributed by atoms with Crippen molar-refractivity contribution < 1.29 is 0 Å². The van der Waals surface area contributed by atoms with E-state index < -0.39 is 0 Å². The molecule has 2 aromatic rings. The smallest absolute Gasteiger partial charge is 0.0703 e. The van der Waals surface area contributed by atoms with Crippen LogP contribution in [-0.2, 0) is 0 Å². The molecule has 1 aliphatic heterocycles. The van der Waals surface area contributed by atoms with Gasteiger partial charge < -0.3 is 10.2 Å². The molecule has 3 rings (SSSR count). The summed E-state index contributed by atoms with van der Waals surface area (Å²) in [6, 6.07) is 11.3. The van der Waals surface area contributed by atoms with Crippen LogP contribution in [0.4, 0.5) is 5.69 Å². The van der Waals surface area contributed by atoms with Crippen LogP contribution in [0.15, 0.2) is 36.5 Å². The van der Waals surface area contributed by atoms with E-state index in [1.165, 1.54) is 11.1 Å². The number of hydrogen-bond acceptors (Lipinski definition) is 3. The van der Waals surface area contributed by atoms with Crippen LogP contribution in [0.3, 0.4) is 0 Å². The summed E-state index contributed by atoms with van der Waals surface area (Å²) in [5.41, 5.74) is 2.52. The predicted octanol–water partition coefficient (Wildman–Crippen LogP) is 3.45. The highest BCUT2D eigenvalue weighted by molar-refractivity contribution is 5.82. The first kappa shape index (κ1) is 14.3. The number of nitrogens with zero attached hydrogens (tertiary/aromatic N) is 2. The number of benzene rings is 1. The van der Waals surface area contributed by atoms with Crippen LogP contribution in [0.1, 0.15) is 27.7 Å². The van der Waals surface area contributed by atoms with Crippen LogP contribution in [0.25, 0.3) is 10.9 Å². The number of pyridine rings is 1. The van der Waals surface area contributed by atoms with Crippen LogP contribution in [0.2, 0.25) is 0 Å². The van der Waals surface area contributed by atoms with E-state index >= 15 is 0 Å². The normalized spacial score (nSPS) is 22.0. The van der Waals surface area contributed by atoms with Crippen molar-refractivity contribution in [2.24, 2.45) is 5.92 Å². The van der Waals surface area contributed by atoms with Gasteiger partial charge in [-0.25, -0.2) is 0 Å². The molecule has 2 heterocycles. The SMILES string of the molecule is CC(C)C1CNC(C)(C)CN1c1ccc2ncccc2c1. The number of nitrogens with one attached hydrogen (secondary N) is 1. The molecular weight excluding hydrogens is 258 g/mol. The minimum atomic E-state index is 0.148. The van der Waals surface area contributed by atoms with Gasteiger partial charge in [0.05, 0.1) is 5.52 Å². The Hall–Kier alpha value is -1.61. The first-order valence-electron chi connectivity index (χ1n) is 7.83. The Morgan fingerprint density at radius 1 is 1.29 bits per heavy atom. The molecule has 1 atom stereocenters. The maximum atomic E-state index is 4.42. The van der Waals surface area contributed by atoms with Gasteiger partial charge in [0.1, 0.15) is 0 Å². The summed E-state index contributed by atoms with van der Waals surface area (Å²) in [5, 5.41) is 4.89. The largest absolute Gasteiger partial charge is 0.365 e. The molecule has 1 N–H and O–H groups in total. The van der Waals surface area contributed by atoms with Gasteiger partial charge in [0.2, 0.25) is 0 Å². The van der Waals surface area contributed by atoms with E-state index in [9.17, 15) is 0 Å². The first-order chi connectivity index (χ1) is 9.96. The number of piperazine rings is 1. The van der Waals surface area contributed by atoms with Crippen molar-refractivity contribution in [3.05, 3.63) is 36.5 Å². The van der Waals surface area contributed by atoms with Gasteiger partial charge in [0.15, 0.2) is 0 Å². The molecule has 1 aromatic heterocycles. The Kier molecular flexibility index (Phi) is 3.62. The van der Waals surface area contributed by atoms with E-state index in [1.807, 2.05) is 12.3 Å². The minimum Gasteiger partial charge on any atom is -0.365 e. The highest BCUT2D eigenvalue weighted by Crippen LogP contribution is 2.29. The number of anilines is 1. The van der Waals surface area contributed by atoms with Crippen molar-refractivity contribution in [3.8, 4) is 0 Å². The van der Waals surface area contributed by atoms with Crippen molar-refractivity contribution >= 4 is 16.6 Å². The monoisotopic (exact) mass is 283 g/mol. The van der Waals surface area contributed by atoms with Crippen LogP contribution < -0.4 is 10.2 Å². The van der Waals surface area contributed by atoms with Crippen molar-refractivity contribution in [1.29, 1.82) is 0 Å². The Labute approximate surface area is 127 Å². The molecule has 3 nitrogen and oxygen atoms in total. The fourth-order valence-corrected chi connectivity index (χ4v) is 3.21. The van der Waals surface area contributed by atoms with Crippen LogP contribution in [-0.4, -0.2) is 29.7 Å². The van der Waals surface area contributed by atoms with E-state index in [2.05, 4.69) is 67.2 Å². The fraction of sp³-hybridized carbons (Fsp3) is 0.500. The van der Waals surface area contributed by atoms with Gasteiger partial charge in [-0.2, -0.15) is 0 Å². The number of hydrogen-bond donors (Lipinski definition) is 1. The number of aromatic nitrogens is 1. The van der Waals surface area contributed by atoms with Crippen LogP contribution in [0.5, 0.6) is 0 Å². The Morgan fingerprint density at radius 3 is 2.86 bits per heavy atom. The van der Waals surface area contributed by atoms with Gasteiger partial charge in [-0.05, 0) is 44.0 Å². The molecule has 21 heavy (non-hydrogen) atoms. The van der Waals surface area contributed by atoms with Crippen LogP contribution in [0, 0.1) is 5.92 Å². The summed E-state index contributed by atoms with van der Waals surface area (Å²) < 4.78 is 0. The summed E-state index contributed by atoms with van der Waals surface area (Å²) in [6.45, 7) is 11.2. The van der Waals surface area contributed by atoms with Gasteiger partial charge in [0, 0.05) is 41.9 Å². The third-order valence-corrected chi connectivity index (χ3v) is 4.44. The Bertz CT molecular complexity index is 633. The summed E-state index contributed by atoms with van der Waals surface area (Å²) in [5.74, 6) is 0.623. The maximum absolute atomic E-state index is 4.42. The molecule has 0 amide bonds. The molecule has 0 aliphatic carbocycles. The predicted molar refractivity (Wildman–Crippen MR) is 89.8 cm³/mol. The third-order valence-electron chi connectivity index (χ3n) is 4.44. The second-order valence-electron chi connectivity index (χ2n) is 7.08. The lowest BCUT2D eigenvalue weighted by Crippen LogP contribution is -2.63. The van der Waals surface area contributed by atoms with E-state index in [4.69, 9.17) is 0 Å². The lowest BCUT2D eigenvalue weighted by atomic mass is 9.92. The topological polar surface area (TPSA) is 28.2 Å². The number of rotatable bonds is 2. The molecule has 1 fully saturated rings. The van der Waals surface area contributed by atoms with Crippen molar-refractivity contribution in [2.75, 3.05) is 18.0 Å². The van der Waals surface area contributed by atoms with Crippen molar-refractivity contribution in [2.45, 2.75) is 39.3 Å². The zero-order valence-corrected chi connectivity index (χ0v) is 13.4. The lowest BCUT2D eigenvalue weighted by Gasteiger charge is -2.47. The maximum Gasteiger partial charge on any atom is 0.0703 e. The molecule has 0 radical (unpaired) electrons. The fourth-order valence-electron chi connectivity index (χ4n) is 3.21. The molecular formula is C18H25N3. The van der Waals surface area contributed by atoms with Crippen LogP contribution >= 0.6 is 0 Å². The van der Waals surface area contributed by atoms with Gasteiger partial charge in [0.25, 0.3) is 0 Å². The summed E-state index contributed by atoms with van der Waals surface area (Å²) in [7, 11) is 0. The second kappa shape index (κ2) is 5.30. The summed E-state index contributed by atoms with van der Waals surface area (Å²) >= 11 is 0. The molecule has 1 aromatic carbocycles. The van der Waals surface area contributed by atoms with E-state index in [-0.39, 0.29) is 5.54 Å². The second-order valence-corrected chi connectivity index (χ2v) is 7.08. The summed E-state index contributed by atoms with van der Waals surface area (Å²) in [4.78, 5) is 6.98. The molecule has 0 saturated carbocycles. The molecule has 3 heteroatoms. The van der Waals surface area contributed by atoms with E-state index in [0.29, 0.717) is 12.0 Å². The first-order valence-corrected chi connectivity index (χ1v) is 7.83. The highest BCUT2D eigenvalue weighted by Gasteiger charge is 2.34. The Morgan fingerprint density at radius 2 is 2.10 bits per heavy atom. The summed E-state index contributed by atoms with van der Waals surface area (Å²) in [6.07, 6.45) is 1.85. The van der Waals surface area contributed by atoms with Gasteiger partial charge in [-0.1, -0.05) is 19.9 Å². The molecule has 0 bridgehead atoms.